The van der Waals surface area contributed by atoms with Crippen molar-refractivity contribution in [2.24, 2.45) is 0 Å². The van der Waals surface area contributed by atoms with Gasteiger partial charge in [-0.05, 0) is 32.0 Å². The molecule has 0 bridgehead atoms. The number of halogens is 1. The standard InChI is InChI=1S/C17H27FN2O/c1-3-19-17(15-9-5-6-10-16(15)18)13-20(4-2)12-14-8-7-11-21-14/h5-6,9-10,14,17,19H,3-4,7-8,11-13H2,1-2H3. The Hall–Kier alpha value is -0.970. The van der Waals surface area contributed by atoms with Crippen LogP contribution in [0.1, 0.15) is 38.3 Å². The van der Waals surface area contributed by atoms with Gasteiger partial charge in [-0.3, -0.25) is 4.90 Å². The fourth-order valence-electron chi connectivity index (χ4n) is 2.94. The van der Waals surface area contributed by atoms with Crippen LogP contribution >= 0.6 is 0 Å². The molecular weight excluding hydrogens is 267 g/mol. The lowest BCUT2D eigenvalue weighted by molar-refractivity contribution is 0.0714. The molecule has 0 aliphatic carbocycles. The molecule has 1 heterocycles. The van der Waals surface area contributed by atoms with Crippen molar-refractivity contribution in [2.45, 2.75) is 38.8 Å². The average molecular weight is 294 g/mol. The van der Waals surface area contributed by atoms with Crippen molar-refractivity contribution in [1.29, 1.82) is 0 Å². The summed E-state index contributed by atoms with van der Waals surface area (Å²) < 4.78 is 19.8. The normalized spacial score (nSPS) is 20.1. The average Bonchev–Trinajstić information content (AvgIpc) is 2.99. The third-order valence-electron chi connectivity index (χ3n) is 4.10. The van der Waals surface area contributed by atoms with E-state index in [1.54, 1.807) is 6.07 Å². The fraction of sp³-hybridized carbons (Fsp3) is 0.647. The van der Waals surface area contributed by atoms with Gasteiger partial charge in [0.25, 0.3) is 0 Å². The van der Waals surface area contributed by atoms with Gasteiger partial charge < -0.3 is 10.1 Å². The van der Waals surface area contributed by atoms with E-state index < -0.39 is 0 Å². The van der Waals surface area contributed by atoms with Crippen LogP contribution in [0.25, 0.3) is 0 Å². The van der Waals surface area contributed by atoms with Crippen molar-refractivity contribution < 1.29 is 9.13 Å². The number of likely N-dealkylation sites (N-methyl/N-ethyl adjacent to an activating group) is 2. The first kappa shape index (κ1) is 16.4. The van der Waals surface area contributed by atoms with Crippen molar-refractivity contribution in [3.05, 3.63) is 35.6 Å². The zero-order valence-corrected chi connectivity index (χ0v) is 13.1. The van der Waals surface area contributed by atoms with E-state index in [1.807, 2.05) is 12.1 Å². The Bertz CT molecular complexity index is 421. The zero-order valence-electron chi connectivity index (χ0n) is 13.1. The van der Waals surface area contributed by atoms with E-state index in [4.69, 9.17) is 4.74 Å². The van der Waals surface area contributed by atoms with E-state index in [-0.39, 0.29) is 11.9 Å². The maximum atomic E-state index is 14.0. The van der Waals surface area contributed by atoms with Crippen molar-refractivity contribution in [2.75, 3.05) is 32.8 Å². The van der Waals surface area contributed by atoms with Gasteiger partial charge in [-0.2, -0.15) is 0 Å². The molecule has 0 saturated carbocycles. The number of nitrogens with one attached hydrogen (secondary N) is 1. The molecular formula is C17H27FN2O. The molecule has 0 spiro atoms. The van der Waals surface area contributed by atoms with Crippen LogP contribution in [0, 0.1) is 5.82 Å². The number of hydrogen-bond donors (Lipinski definition) is 1. The van der Waals surface area contributed by atoms with Crippen LogP contribution in [0.5, 0.6) is 0 Å². The molecule has 2 atom stereocenters. The lowest BCUT2D eigenvalue weighted by Crippen LogP contribution is -2.39. The Morgan fingerprint density at radius 1 is 1.38 bits per heavy atom. The number of nitrogens with zero attached hydrogens (tertiary/aromatic N) is 1. The molecule has 1 aromatic carbocycles. The van der Waals surface area contributed by atoms with Gasteiger partial charge in [-0.15, -0.1) is 0 Å². The van der Waals surface area contributed by atoms with Gasteiger partial charge in [0.05, 0.1) is 6.10 Å². The quantitative estimate of drug-likeness (QED) is 0.798. The molecule has 0 radical (unpaired) electrons. The molecule has 1 fully saturated rings. The van der Waals surface area contributed by atoms with Gasteiger partial charge in [0.15, 0.2) is 0 Å². The highest BCUT2D eigenvalue weighted by Gasteiger charge is 2.22. The SMILES string of the molecule is CCNC(CN(CC)CC1CCCO1)c1ccccc1F. The second kappa shape index (κ2) is 8.47. The largest absolute Gasteiger partial charge is 0.377 e. The van der Waals surface area contributed by atoms with Crippen LogP contribution in [0.15, 0.2) is 24.3 Å². The van der Waals surface area contributed by atoms with Crippen molar-refractivity contribution in [3.8, 4) is 0 Å². The van der Waals surface area contributed by atoms with Gasteiger partial charge in [0.1, 0.15) is 5.82 Å². The van der Waals surface area contributed by atoms with Crippen LogP contribution in [0.2, 0.25) is 0 Å². The Balaban J connectivity index is 2.01. The molecule has 118 valence electrons. The lowest BCUT2D eigenvalue weighted by Gasteiger charge is -2.29. The third-order valence-corrected chi connectivity index (χ3v) is 4.10. The van der Waals surface area contributed by atoms with Crippen LogP contribution in [-0.2, 0) is 4.74 Å². The minimum absolute atomic E-state index is 0.0255. The molecule has 3 nitrogen and oxygen atoms in total. The van der Waals surface area contributed by atoms with Gasteiger partial charge in [-0.1, -0.05) is 32.0 Å². The van der Waals surface area contributed by atoms with Gasteiger partial charge in [0, 0.05) is 31.3 Å². The van der Waals surface area contributed by atoms with Crippen molar-refractivity contribution in [3.63, 3.8) is 0 Å². The summed E-state index contributed by atoms with van der Waals surface area (Å²) in [4.78, 5) is 2.36. The second-order valence-electron chi connectivity index (χ2n) is 5.62. The Morgan fingerprint density at radius 2 is 2.19 bits per heavy atom. The fourth-order valence-corrected chi connectivity index (χ4v) is 2.94. The topological polar surface area (TPSA) is 24.5 Å². The smallest absolute Gasteiger partial charge is 0.128 e. The molecule has 1 saturated heterocycles. The first-order chi connectivity index (χ1) is 10.2. The van der Waals surface area contributed by atoms with E-state index in [0.29, 0.717) is 6.10 Å². The van der Waals surface area contributed by atoms with E-state index in [2.05, 4.69) is 24.1 Å². The van der Waals surface area contributed by atoms with E-state index in [9.17, 15) is 4.39 Å². The van der Waals surface area contributed by atoms with Gasteiger partial charge in [-0.25, -0.2) is 4.39 Å². The van der Waals surface area contributed by atoms with Crippen LogP contribution in [-0.4, -0.2) is 43.8 Å². The molecule has 0 amide bonds. The van der Waals surface area contributed by atoms with Crippen LogP contribution < -0.4 is 5.32 Å². The summed E-state index contributed by atoms with van der Waals surface area (Å²) in [5, 5.41) is 3.41. The second-order valence-corrected chi connectivity index (χ2v) is 5.62. The lowest BCUT2D eigenvalue weighted by atomic mass is 10.1. The maximum absolute atomic E-state index is 14.0. The predicted molar refractivity (Wildman–Crippen MR) is 83.9 cm³/mol. The van der Waals surface area contributed by atoms with Crippen LogP contribution in [0.4, 0.5) is 4.39 Å². The maximum Gasteiger partial charge on any atom is 0.128 e. The summed E-state index contributed by atoms with van der Waals surface area (Å²) in [6.45, 7) is 8.63. The minimum atomic E-state index is -0.128. The molecule has 0 aromatic heterocycles. The Labute approximate surface area is 127 Å². The molecule has 1 aromatic rings. The van der Waals surface area contributed by atoms with E-state index in [0.717, 1.165) is 51.2 Å². The predicted octanol–water partition coefficient (Wildman–Crippen LogP) is 2.98. The molecule has 1 aliphatic heterocycles. The highest BCUT2D eigenvalue weighted by atomic mass is 19.1. The number of benzene rings is 1. The first-order valence-corrected chi connectivity index (χ1v) is 8.06. The Morgan fingerprint density at radius 3 is 2.81 bits per heavy atom. The number of hydrogen-bond acceptors (Lipinski definition) is 3. The van der Waals surface area contributed by atoms with Crippen molar-refractivity contribution >= 4 is 0 Å². The summed E-state index contributed by atoms with van der Waals surface area (Å²) in [5.41, 5.74) is 0.755. The summed E-state index contributed by atoms with van der Waals surface area (Å²) in [5.74, 6) is -0.128. The van der Waals surface area contributed by atoms with E-state index in [1.165, 1.54) is 6.07 Å². The minimum Gasteiger partial charge on any atom is -0.377 e. The molecule has 21 heavy (non-hydrogen) atoms. The van der Waals surface area contributed by atoms with Crippen LogP contribution in [0.3, 0.4) is 0 Å². The molecule has 1 N–H and O–H groups in total. The van der Waals surface area contributed by atoms with E-state index >= 15 is 0 Å². The third kappa shape index (κ3) is 4.77. The summed E-state index contributed by atoms with van der Waals surface area (Å²) in [7, 11) is 0. The first-order valence-electron chi connectivity index (χ1n) is 8.06. The van der Waals surface area contributed by atoms with Crippen molar-refractivity contribution in [1.82, 2.24) is 10.2 Å². The Kier molecular flexibility index (Phi) is 6.61. The number of ether oxygens (including phenoxy) is 1. The van der Waals surface area contributed by atoms with Gasteiger partial charge >= 0.3 is 0 Å². The monoisotopic (exact) mass is 294 g/mol. The highest BCUT2D eigenvalue weighted by Crippen LogP contribution is 2.20. The highest BCUT2D eigenvalue weighted by molar-refractivity contribution is 5.21. The molecule has 2 unspecified atom stereocenters. The summed E-state index contributed by atoms with van der Waals surface area (Å²) in [6.07, 6.45) is 2.64. The summed E-state index contributed by atoms with van der Waals surface area (Å²) in [6, 6.07) is 7.08. The molecule has 1 aliphatic rings. The van der Waals surface area contributed by atoms with Gasteiger partial charge in [0.2, 0.25) is 0 Å². The zero-order chi connectivity index (χ0) is 15.1. The molecule has 2 rings (SSSR count). The summed E-state index contributed by atoms with van der Waals surface area (Å²) >= 11 is 0. The molecule has 4 heteroatoms. The number of rotatable bonds is 8.